The van der Waals surface area contributed by atoms with Gasteiger partial charge in [0.05, 0.1) is 18.6 Å². The molecular weight excluding hydrogens is 254 g/mol. The zero-order chi connectivity index (χ0) is 13.3. The van der Waals surface area contributed by atoms with Crippen molar-refractivity contribution < 1.29 is 17.9 Å². The molecule has 0 aliphatic carbocycles. The summed E-state index contributed by atoms with van der Waals surface area (Å²) in [5.74, 6) is 1.26. The van der Waals surface area contributed by atoms with Crippen LogP contribution in [0.25, 0.3) is 0 Å². The van der Waals surface area contributed by atoms with E-state index in [0.717, 1.165) is 24.0 Å². The Kier molecular flexibility index (Phi) is 3.38. The van der Waals surface area contributed by atoms with Crippen molar-refractivity contribution in [3.63, 3.8) is 0 Å². The number of ether oxygens (including phenoxy) is 2. The van der Waals surface area contributed by atoms with Gasteiger partial charge in [-0.15, -0.1) is 0 Å². The summed E-state index contributed by atoms with van der Waals surface area (Å²) in [5, 5.41) is 0. The van der Waals surface area contributed by atoms with Crippen LogP contribution in [0, 0.1) is 0 Å². The molecule has 1 atom stereocenters. The molecule has 0 saturated heterocycles. The van der Waals surface area contributed by atoms with Crippen LogP contribution < -0.4 is 14.2 Å². The van der Waals surface area contributed by atoms with Gasteiger partial charge < -0.3 is 9.47 Å². The molecule has 1 aromatic carbocycles. The molecule has 6 heteroatoms. The lowest BCUT2D eigenvalue weighted by Crippen LogP contribution is -2.11. The average molecular weight is 271 g/mol. The maximum atomic E-state index is 11.3. The van der Waals surface area contributed by atoms with Gasteiger partial charge in [-0.05, 0) is 19.9 Å². The highest BCUT2D eigenvalue weighted by Crippen LogP contribution is 2.38. The van der Waals surface area contributed by atoms with E-state index in [1.165, 1.54) is 0 Å². The molecule has 1 heterocycles. The normalized spacial score (nSPS) is 18.1. The molecule has 0 amide bonds. The molecule has 0 radical (unpaired) electrons. The minimum absolute atomic E-state index is 0.114. The molecule has 100 valence electrons. The van der Waals surface area contributed by atoms with Crippen LogP contribution >= 0.6 is 0 Å². The molecule has 18 heavy (non-hydrogen) atoms. The summed E-state index contributed by atoms with van der Waals surface area (Å²) in [6, 6.07) is 3.53. The van der Waals surface area contributed by atoms with E-state index in [4.69, 9.17) is 9.47 Å². The Balaban J connectivity index is 2.41. The topological polar surface area (TPSA) is 64.6 Å². The second kappa shape index (κ2) is 4.68. The Morgan fingerprint density at radius 1 is 1.50 bits per heavy atom. The van der Waals surface area contributed by atoms with Crippen molar-refractivity contribution in [1.82, 2.24) is 0 Å². The number of hydrogen-bond acceptors (Lipinski definition) is 4. The monoisotopic (exact) mass is 271 g/mol. The summed E-state index contributed by atoms with van der Waals surface area (Å²) in [5.41, 5.74) is 1.47. The third kappa shape index (κ3) is 2.87. The third-order valence-corrected chi connectivity index (χ3v) is 3.18. The molecule has 5 nitrogen and oxygen atoms in total. The molecule has 2 rings (SSSR count). The summed E-state index contributed by atoms with van der Waals surface area (Å²) < 4.78 is 36.1. The fourth-order valence-electron chi connectivity index (χ4n) is 1.99. The standard InChI is InChI=1S/C12H17NO4S/c1-4-16-12-6-9-5-8(2)17-11(9)7-10(12)13-18(3,14)15/h6-8,13H,4-5H2,1-3H3. The predicted molar refractivity (Wildman–Crippen MR) is 69.9 cm³/mol. The lowest BCUT2D eigenvalue weighted by atomic mass is 10.1. The second-order valence-electron chi connectivity index (χ2n) is 4.40. The first-order chi connectivity index (χ1) is 8.39. The molecule has 1 unspecified atom stereocenters. The Morgan fingerprint density at radius 2 is 2.22 bits per heavy atom. The molecule has 0 fully saturated rings. The van der Waals surface area contributed by atoms with Crippen LogP contribution in [0.1, 0.15) is 19.4 Å². The van der Waals surface area contributed by atoms with Crippen LogP contribution in [0.5, 0.6) is 11.5 Å². The SMILES string of the molecule is CCOc1cc2c(cc1NS(C)(=O)=O)OC(C)C2. The molecule has 0 saturated carbocycles. The van der Waals surface area contributed by atoms with Crippen molar-refractivity contribution in [2.24, 2.45) is 0 Å². The summed E-state index contributed by atoms with van der Waals surface area (Å²) in [6.07, 6.45) is 2.04. The van der Waals surface area contributed by atoms with E-state index in [9.17, 15) is 8.42 Å². The van der Waals surface area contributed by atoms with Crippen molar-refractivity contribution in [2.45, 2.75) is 26.4 Å². The zero-order valence-corrected chi connectivity index (χ0v) is 11.5. The summed E-state index contributed by atoms with van der Waals surface area (Å²) in [7, 11) is -3.33. The number of hydrogen-bond donors (Lipinski definition) is 1. The first-order valence-corrected chi connectivity index (χ1v) is 7.72. The number of sulfonamides is 1. The van der Waals surface area contributed by atoms with Gasteiger partial charge in [0.2, 0.25) is 10.0 Å². The molecule has 1 aliphatic rings. The molecule has 0 bridgehead atoms. The number of fused-ring (bicyclic) bond motifs is 1. The van der Waals surface area contributed by atoms with Gasteiger partial charge in [-0.2, -0.15) is 0 Å². The number of benzene rings is 1. The fourth-order valence-corrected chi connectivity index (χ4v) is 2.55. The van der Waals surface area contributed by atoms with E-state index in [2.05, 4.69) is 4.72 Å². The average Bonchev–Trinajstić information content (AvgIpc) is 2.56. The van der Waals surface area contributed by atoms with Crippen molar-refractivity contribution in [3.8, 4) is 11.5 Å². The molecular formula is C12H17NO4S. The number of anilines is 1. The van der Waals surface area contributed by atoms with Crippen LogP contribution in [0.15, 0.2) is 12.1 Å². The largest absolute Gasteiger partial charge is 0.492 e. The Bertz CT molecular complexity index is 553. The number of nitrogens with one attached hydrogen (secondary N) is 1. The first kappa shape index (κ1) is 13.0. The third-order valence-electron chi connectivity index (χ3n) is 2.59. The fraction of sp³-hybridized carbons (Fsp3) is 0.500. The quantitative estimate of drug-likeness (QED) is 0.906. The van der Waals surface area contributed by atoms with Crippen LogP contribution in [0.2, 0.25) is 0 Å². The second-order valence-corrected chi connectivity index (χ2v) is 6.14. The summed E-state index contributed by atoms with van der Waals surface area (Å²) in [4.78, 5) is 0. The predicted octanol–water partition coefficient (Wildman–Crippen LogP) is 1.78. The molecule has 0 aromatic heterocycles. The van der Waals surface area contributed by atoms with E-state index in [0.29, 0.717) is 18.0 Å². The van der Waals surface area contributed by atoms with Crippen LogP contribution in [0.3, 0.4) is 0 Å². The van der Waals surface area contributed by atoms with Crippen molar-refractivity contribution in [2.75, 3.05) is 17.6 Å². The van der Waals surface area contributed by atoms with E-state index < -0.39 is 10.0 Å². The zero-order valence-electron chi connectivity index (χ0n) is 10.7. The first-order valence-electron chi connectivity index (χ1n) is 5.83. The van der Waals surface area contributed by atoms with Crippen LogP contribution in [-0.2, 0) is 16.4 Å². The maximum Gasteiger partial charge on any atom is 0.229 e. The van der Waals surface area contributed by atoms with Gasteiger partial charge in [0.1, 0.15) is 17.6 Å². The highest BCUT2D eigenvalue weighted by Gasteiger charge is 2.22. The lowest BCUT2D eigenvalue weighted by molar-refractivity contribution is 0.254. The lowest BCUT2D eigenvalue weighted by Gasteiger charge is -2.13. The number of rotatable bonds is 4. The Labute approximate surface area is 107 Å². The smallest absolute Gasteiger partial charge is 0.229 e. The van der Waals surface area contributed by atoms with Gasteiger partial charge in [-0.3, -0.25) is 4.72 Å². The van der Waals surface area contributed by atoms with Crippen LogP contribution in [-0.4, -0.2) is 27.4 Å². The van der Waals surface area contributed by atoms with Crippen molar-refractivity contribution in [1.29, 1.82) is 0 Å². The Morgan fingerprint density at radius 3 is 2.83 bits per heavy atom. The minimum atomic E-state index is -3.33. The van der Waals surface area contributed by atoms with Gasteiger partial charge >= 0.3 is 0 Å². The van der Waals surface area contributed by atoms with Crippen molar-refractivity contribution in [3.05, 3.63) is 17.7 Å². The highest BCUT2D eigenvalue weighted by molar-refractivity contribution is 7.92. The van der Waals surface area contributed by atoms with Gasteiger partial charge in [-0.1, -0.05) is 0 Å². The van der Waals surface area contributed by atoms with Gasteiger partial charge in [0.25, 0.3) is 0 Å². The Hall–Kier alpha value is -1.43. The molecule has 1 aromatic rings. The van der Waals surface area contributed by atoms with Crippen LogP contribution in [0.4, 0.5) is 5.69 Å². The minimum Gasteiger partial charge on any atom is -0.492 e. The maximum absolute atomic E-state index is 11.3. The molecule has 0 spiro atoms. The van der Waals surface area contributed by atoms with Gasteiger partial charge in [-0.25, -0.2) is 8.42 Å². The van der Waals surface area contributed by atoms with Crippen molar-refractivity contribution >= 4 is 15.7 Å². The van der Waals surface area contributed by atoms with E-state index in [-0.39, 0.29) is 6.10 Å². The van der Waals surface area contributed by atoms with E-state index in [1.807, 2.05) is 19.9 Å². The van der Waals surface area contributed by atoms with Gasteiger partial charge in [0.15, 0.2) is 0 Å². The van der Waals surface area contributed by atoms with E-state index >= 15 is 0 Å². The molecule has 1 N–H and O–H groups in total. The summed E-state index contributed by atoms with van der Waals surface area (Å²) in [6.45, 7) is 4.31. The van der Waals surface area contributed by atoms with E-state index in [1.54, 1.807) is 6.07 Å². The summed E-state index contributed by atoms with van der Waals surface area (Å²) >= 11 is 0. The highest BCUT2D eigenvalue weighted by atomic mass is 32.2. The molecule has 1 aliphatic heterocycles. The van der Waals surface area contributed by atoms with Gasteiger partial charge in [0, 0.05) is 18.1 Å².